The summed E-state index contributed by atoms with van der Waals surface area (Å²) in [6, 6.07) is -1.01. The second kappa shape index (κ2) is 5.66. The molecule has 0 aromatic carbocycles. The van der Waals surface area contributed by atoms with Crippen LogP contribution in [0.5, 0.6) is 0 Å². The number of fused-ring (bicyclic) bond motifs is 1. The maximum atomic E-state index is 12.1. The van der Waals surface area contributed by atoms with Crippen molar-refractivity contribution < 1.29 is 14.7 Å². The Kier molecular flexibility index (Phi) is 4.12. The minimum Gasteiger partial charge on any atom is -0.395 e. The van der Waals surface area contributed by atoms with Crippen molar-refractivity contribution in [3.8, 4) is 0 Å². The van der Waals surface area contributed by atoms with Crippen LogP contribution in [0.3, 0.4) is 0 Å². The van der Waals surface area contributed by atoms with Gasteiger partial charge in [0, 0.05) is 26.7 Å². The maximum Gasteiger partial charge on any atom is 0.325 e. The van der Waals surface area contributed by atoms with Crippen LogP contribution >= 0.6 is 0 Å². The van der Waals surface area contributed by atoms with Crippen LogP contribution in [-0.4, -0.2) is 83.2 Å². The molecule has 2 rings (SSSR count). The molecule has 112 valence electrons. The normalized spacial score (nSPS) is 25.5. The third-order valence-corrected chi connectivity index (χ3v) is 3.73. The molecule has 2 unspecified atom stereocenters. The van der Waals surface area contributed by atoms with Crippen molar-refractivity contribution in [3.05, 3.63) is 0 Å². The highest BCUT2D eigenvalue weighted by molar-refractivity contribution is 6.03. The first kappa shape index (κ1) is 14.6. The van der Waals surface area contributed by atoms with Gasteiger partial charge in [-0.15, -0.1) is 0 Å². The molecule has 0 bridgehead atoms. The van der Waals surface area contributed by atoms with Gasteiger partial charge < -0.3 is 19.8 Å². The standard InChI is InChI=1S/C12H21N5O3/c1-4-16(5-2)11-13-9-8(17(11)6-7-18)10(19)14-12(20)15(9)3/h8-9,18H,4-7H2,1-3H3,(H,14,19,20). The zero-order valence-corrected chi connectivity index (χ0v) is 12.0. The Morgan fingerprint density at radius 1 is 1.35 bits per heavy atom. The van der Waals surface area contributed by atoms with Gasteiger partial charge in [0.05, 0.1) is 6.61 Å². The fourth-order valence-electron chi connectivity index (χ4n) is 2.63. The van der Waals surface area contributed by atoms with Crippen LogP contribution in [0.4, 0.5) is 4.79 Å². The average molecular weight is 283 g/mol. The van der Waals surface area contributed by atoms with Crippen molar-refractivity contribution >= 4 is 17.9 Å². The first-order valence-electron chi connectivity index (χ1n) is 6.83. The summed E-state index contributed by atoms with van der Waals surface area (Å²) >= 11 is 0. The fraction of sp³-hybridized carbons (Fsp3) is 0.750. The minimum absolute atomic E-state index is 0.0750. The molecule has 8 nitrogen and oxygen atoms in total. The second-order valence-corrected chi connectivity index (χ2v) is 4.78. The van der Waals surface area contributed by atoms with E-state index in [1.165, 1.54) is 4.90 Å². The molecule has 0 aromatic heterocycles. The first-order valence-corrected chi connectivity index (χ1v) is 6.83. The molecule has 1 fully saturated rings. The number of hydrogen-bond acceptors (Lipinski definition) is 6. The number of imide groups is 1. The van der Waals surface area contributed by atoms with Crippen molar-refractivity contribution in [3.63, 3.8) is 0 Å². The average Bonchev–Trinajstić information content (AvgIpc) is 2.79. The number of likely N-dealkylation sites (N-methyl/N-ethyl adjacent to an activating group) is 1. The maximum absolute atomic E-state index is 12.1. The number of urea groups is 1. The van der Waals surface area contributed by atoms with Crippen molar-refractivity contribution in [1.82, 2.24) is 20.0 Å². The zero-order chi connectivity index (χ0) is 14.9. The van der Waals surface area contributed by atoms with Crippen molar-refractivity contribution in [1.29, 1.82) is 0 Å². The van der Waals surface area contributed by atoms with E-state index in [2.05, 4.69) is 10.3 Å². The number of carbonyl (C=O) groups is 2. The zero-order valence-electron chi connectivity index (χ0n) is 12.0. The second-order valence-electron chi connectivity index (χ2n) is 4.78. The van der Waals surface area contributed by atoms with Crippen molar-refractivity contribution in [2.24, 2.45) is 4.99 Å². The lowest BCUT2D eigenvalue weighted by molar-refractivity contribution is -0.127. The quantitative estimate of drug-likeness (QED) is 0.681. The predicted octanol–water partition coefficient (Wildman–Crippen LogP) is -1.13. The Hall–Kier alpha value is -1.83. The van der Waals surface area contributed by atoms with Gasteiger partial charge in [-0.3, -0.25) is 10.1 Å². The highest BCUT2D eigenvalue weighted by atomic mass is 16.3. The summed E-state index contributed by atoms with van der Waals surface area (Å²) in [5.74, 6) is 0.299. The van der Waals surface area contributed by atoms with E-state index < -0.39 is 18.2 Å². The molecule has 0 aliphatic carbocycles. The van der Waals surface area contributed by atoms with E-state index in [1.807, 2.05) is 18.7 Å². The van der Waals surface area contributed by atoms with Gasteiger partial charge in [0.15, 0.2) is 18.2 Å². The minimum atomic E-state index is -0.569. The van der Waals surface area contributed by atoms with E-state index >= 15 is 0 Å². The molecule has 0 saturated carbocycles. The number of amides is 3. The number of nitrogens with one attached hydrogen (secondary N) is 1. The van der Waals surface area contributed by atoms with Crippen LogP contribution < -0.4 is 5.32 Å². The number of guanidine groups is 1. The van der Waals surface area contributed by atoms with Crippen LogP contribution in [0.2, 0.25) is 0 Å². The van der Waals surface area contributed by atoms with Gasteiger partial charge in [0.2, 0.25) is 0 Å². The number of aliphatic hydroxyl groups excluding tert-OH is 1. The molecule has 20 heavy (non-hydrogen) atoms. The van der Waals surface area contributed by atoms with Gasteiger partial charge in [-0.1, -0.05) is 0 Å². The molecule has 1 saturated heterocycles. The first-order chi connectivity index (χ1) is 9.54. The SMILES string of the molecule is CCN(CC)C1=NC2C(C(=O)NC(=O)N2C)N1CCO. The molecule has 2 aliphatic heterocycles. The van der Waals surface area contributed by atoms with E-state index in [4.69, 9.17) is 0 Å². The number of rotatable bonds is 4. The summed E-state index contributed by atoms with van der Waals surface area (Å²) in [4.78, 5) is 33.5. The molecule has 2 aliphatic rings. The highest BCUT2D eigenvalue weighted by Crippen LogP contribution is 2.24. The summed E-state index contributed by atoms with van der Waals surface area (Å²) in [6.07, 6.45) is -0.529. The summed E-state index contributed by atoms with van der Waals surface area (Å²) in [6.45, 7) is 5.73. The number of aliphatic imine (C=N–C) groups is 1. The molecule has 2 atom stereocenters. The molecular formula is C12H21N5O3. The summed E-state index contributed by atoms with van der Waals surface area (Å²) in [5, 5.41) is 11.6. The third-order valence-electron chi connectivity index (χ3n) is 3.73. The summed E-state index contributed by atoms with van der Waals surface area (Å²) < 4.78 is 0. The Morgan fingerprint density at radius 2 is 2.00 bits per heavy atom. The topological polar surface area (TPSA) is 88.5 Å². The summed E-state index contributed by atoms with van der Waals surface area (Å²) in [7, 11) is 1.62. The van der Waals surface area contributed by atoms with E-state index in [1.54, 1.807) is 11.9 Å². The Balaban J connectivity index is 2.35. The van der Waals surface area contributed by atoms with Crippen molar-refractivity contribution in [2.75, 3.05) is 33.3 Å². The molecule has 0 radical (unpaired) electrons. The van der Waals surface area contributed by atoms with Gasteiger partial charge >= 0.3 is 6.03 Å². The van der Waals surface area contributed by atoms with E-state index in [-0.39, 0.29) is 12.5 Å². The van der Waals surface area contributed by atoms with Crippen LogP contribution in [0.25, 0.3) is 0 Å². The van der Waals surface area contributed by atoms with Gasteiger partial charge in [-0.25, -0.2) is 9.79 Å². The largest absolute Gasteiger partial charge is 0.395 e. The van der Waals surface area contributed by atoms with Crippen LogP contribution in [0.15, 0.2) is 4.99 Å². The van der Waals surface area contributed by atoms with E-state index in [9.17, 15) is 14.7 Å². The van der Waals surface area contributed by atoms with Gasteiger partial charge in [-0.2, -0.15) is 0 Å². The third kappa shape index (κ3) is 2.20. The fourth-order valence-corrected chi connectivity index (χ4v) is 2.63. The molecule has 3 amide bonds. The predicted molar refractivity (Wildman–Crippen MR) is 73.0 cm³/mol. The lowest BCUT2D eigenvalue weighted by Gasteiger charge is -2.37. The molecule has 2 heterocycles. The molecule has 2 N–H and O–H groups in total. The van der Waals surface area contributed by atoms with Crippen molar-refractivity contribution in [2.45, 2.75) is 26.1 Å². The number of aliphatic hydroxyl groups is 1. The lowest BCUT2D eigenvalue weighted by Crippen LogP contribution is -2.64. The highest BCUT2D eigenvalue weighted by Gasteiger charge is 2.49. The van der Waals surface area contributed by atoms with Gasteiger partial charge in [-0.05, 0) is 13.8 Å². The van der Waals surface area contributed by atoms with Crippen LogP contribution in [-0.2, 0) is 4.79 Å². The number of β-amino-alcohol motifs (C(OH)–C–C–N with tert-alkyl or cyclic N) is 1. The Bertz CT molecular complexity index is 435. The molecule has 0 aromatic rings. The number of carbonyl (C=O) groups excluding carboxylic acids is 2. The molecule has 8 heteroatoms. The monoisotopic (exact) mass is 283 g/mol. The lowest BCUT2D eigenvalue weighted by atomic mass is 10.1. The summed E-state index contributed by atoms with van der Waals surface area (Å²) in [5.41, 5.74) is 0. The number of hydrogen-bond donors (Lipinski definition) is 2. The van der Waals surface area contributed by atoms with Crippen LogP contribution in [0, 0.1) is 0 Å². The van der Waals surface area contributed by atoms with E-state index in [0.717, 1.165) is 13.1 Å². The van der Waals surface area contributed by atoms with Gasteiger partial charge in [0.1, 0.15) is 0 Å². The Labute approximate surface area is 118 Å². The van der Waals surface area contributed by atoms with Crippen LogP contribution in [0.1, 0.15) is 13.8 Å². The molecular weight excluding hydrogens is 262 g/mol. The number of nitrogens with zero attached hydrogens (tertiary/aromatic N) is 4. The Morgan fingerprint density at radius 3 is 2.55 bits per heavy atom. The van der Waals surface area contributed by atoms with Gasteiger partial charge in [0.25, 0.3) is 5.91 Å². The molecule has 0 spiro atoms. The smallest absolute Gasteiger partial charge is 0.325 e. The van der Waals surface area contributed by atoms with E-state index in [0.29, 0.717) is 12.5 Å².